The van der Waals surface area contributed by atoms with Gasteiger partial charge in [-0.15, -0.1) is 0 Å². The van der Waals surface area contributed by atoms with Gasteiger partial charge < -0.3 is 4.74 Å². The summed E-state index contributed by atoms with van der Waals surface area (Å²) in [6.07, 6.45) is 0. The van der Waals surface area contributed by atoms with Crippen molar-refractivity contribution >= 4 is 0 Å². The molecule has 0 atom stereocenters. The predicted octanol–water partition coefficient (Wildman–Crippen LogP) is 2.56. The first-order valence-corrected chi connectivity index (χ1v) is 3.46. The van der Waals surface area contributed by atoms with Gasteiger partial charge in [-0.1, -0.05) is 27.7 Å². The van der Waals surface area contributed by atoms with E-state index in [0.717, 1.165) is 11.8 Å². The molecule has 0 aliphatic carbocycles. The van der Waals surface area contributed by atoms with E-state index in [1.165, 1.54) is 0 Å². The molecule has 1 heteroatoms. The van der Waals surface area contributed by atoms with E-state index in [-0.39, 0.29) is 0 Å². The fourth-order valence-electron chi connectivity index (χ4n) is 0. The molecule has 0 spiro atoms. The van der Waals surface area contributed by atoms with Crippen LogP contribution in [0.4, 0.5) is 0 Å². The zero-order chi connectivity index (χ0) is 7.86. The number of ether oxygens (including phenoxy) is 1. The van der Waals surface area contributed by atoms with E-state index < -0.39 is 0 Å². The van der Waals surface area contributed by atoms with E-state index >= 15 is 0 Å². The van der Waals surface area contributed by atoms with Crippen LogP contribution in [-0.2, 0) is 4.74 Å². The van der Waals surface area contributed by atoms with E-state index in [4.69, 9.17) is 0 Å². The van der Waals surface area contributed by atoms with E-state index in [1.807, 2.05) is 0 Å². The van der Waals surface area contributed by atoms with Gasteiger partial charge in [0.15, 0.2) is 0 Å². The van der Waals surface area contributed by atoms with Gasteiger partial charge in [-0.25, -0.2) is 0 Å². The zero-order valence-corrected chi connectivity index (χ0v) is 7.56. The molecule has 0 amide bonds. The van der Waals surface area contributed by atoms with Gasteiger partial charge in [0, 0.05) is 14.2 Å². The van der Waals surface area contributed by atoms with Crippen molar-refractivity contribution in [3.8, 4) is 0 Å². The van der Waals surface area contributed by atoms with Crippen LogP contribution in [0.25, 0.3) is 0 Å². The van der Waals surface area contributed by atoms with E-state index in [0.29, 0.717) is 0 Å². The highest BCUT2D eigenvalue weighted by Crippen LogP contribution is 2.05. The van der Waals surface area contributed by atoms with Crippen LogP contribution in [0.3, 0.4) is 0 Å². The molecule has 0 saturated carbocycles. The zero-order valence-electron chi connectivity index (χ0n) is 7.56. The van der Waals surface area contributed by atoms with Gasteiger partial charge in [-0.2, -0.15) is 0 Å². The second-order valence-corrected chi connectivity index (χ2v) is 2.90. The van der Waals surface area contributed by atoms with Crippen LogP contribution in [0.15, 0.2) is 0 Å². The van der Waals surface area contributed by atoms with Gasteiger partial charge in [0.25, 0.3) is 0 Å². The second kappa shape index (κ2) is 7.96. The molecule has 0 aromatic rings. The monoisotopic (exact) mass is 132 g/mol. The molecule has 0 rings (SSSR count). The third kappa shape index (κ3) is 18.0. The molecular weight excluding hydrogens is 112 g/mol. The largest absolute Gasteiger partial charge is 0.388 e. The lowest BCUT2D eigenvalue weighted by molar-refractivity contribution is 0.277. The standard InChI is InChI=1S/C6H14.C2H6O/c1-5(2)6(3)4;1-3-2/h5-6H,1-4H3;1-2H3. The van der Waals surface area contributed by atoms with Gasteiger partial charge in [0.2, 0.25) is 0 Å². The molecule has 0 aromatic carbocycles. The lowest BCUT2D eigenvalue weighted by Crippen LogP contribution is -1.95. The molecule has 58 valence electrons. The summed E-state index contributed by atoms with van der Waals surface area (Å²) in [4.78, 5) is 0. The van der Waals surface area contributed by atoms with Crippen molar-refractivity contribution in [2.45, 2.75) is 27.7 Å². The topological polar surface area (TPSA) is 9.23 Å². The number of hydrogen-bond acceptors (Lipinski definition) is 1. The first-order chi connectivity index (χ1) is 4.06. The van der Waals surface area contributed by atoms with Crippen molar-refractivity contribution in [1.82, 2.24) is 0 Å². The van der Waals surface area contributed by atoms with Crippen LogP contribution in [0.2, 0.25) is 0 Å². The quantitative estimate of drug-likeness (QED) is 0.533. The Morgan fingerprint density at radius 2 is 0.889 bits per heavy atom. The molecule has 0 radical (unpaired) electrons. The first kappa shape index (κ1) is 11.7. The van der Waals surface area contributed by atoms with Crippen LogP contribution in [0.5, 0.6) is 0 Å². The SMILES string of the molecule is CC(C)C(C)C.COC. The maximum Gasteiger partial charge on any atom is 0.0351 e. The Kier molecular flexibility index (Phi) is 10.4. The molecule has 0 heterocycles. The molecular formula is C8H20O. The van der Waals surface area contributed by atoms with Crippen LogP contribution < -0.4 is 0 Å². The minimum Gasteiger partial charge on any atom is -0.388 e. The average molecular weight is 132 g/mol. The molecule has 0 N–H and O–H groups in total. The van der Waals surface area contributed by atoms with E-state index in [1.54, 1.807) is 14.2 Å². The van der Waals surface area contributed by atoms with E-state index in [2.05, 4.69) is 32.4 Å². The summed E-state index contributed by atoms with van der Waals surface area (Å²) in [5.74, 6) is 1.70. The highest BCUT2D eigenvalue weighted by molar-refractivity contribution is 4.46. The van der Waals surface area contributed by atoms with Crippen molar-refractivity contribution in [1.29, 1.82) is 0 Å². The minimum atomic E-state index is 0.852. The van der Waals surface area contributed by atoms with Crippen LogP contribution in [-0.4, -0.2) is 14.2 Å². The Bertz CT molecular complexity index is 33.8. The molecule has 0 aliphatic heterocycles. The summed E-state index contributed by atoms with van der Waals surface area (Å²) in [7, 11) is 3.25. The molecule has 9 heavy (non-hydrogen) atoms. The summed E-state index contributed by atoms with van der Waals surface area (Å²) in [5.41, 5.74) is 0. The van der Waals surface area contributed by atoms with Gasteiger partial charge >= 0.3 is 0 Å². The Morgan fingerprint density at radius 1 is 0.778 bits per heavy atom. The number of methoxy groups -OCH3 is 1. The lowest BCUT2D eigenvalue weighted by atomic mass is 10.0. The van der Waals surface area contributed by atoms with Crippen LogP contribution in [0.1, 0.15) is 27.7 Å². The van der Waals surface area contributed by atoms with Gasteiger partial charge in [-0.05, 0) is 11.8 Å². The predicted molar refractivity (Wildman–Crippen MR) is 42.6 cm³/mol. The van der Waals surface area contributed by atoms with Crippen LogP contribution >= 0.6 is 0 Å². The molecule has 0 unspecified atom stereocenters. The highest BCUT2D eigenvalue weighted by atomic mass is 16.4. The van der Waals surface area contributed by atoms with Crippen molar-refractivity contribution in [3.05, 3.63) is 0 Å². The van der Waals surface area contributed by atoms with Gasteiger partial charge in [-0.3, -0.25) is 0 Å². The highest BCUT2D eigenvalue weighted by Gasteiger charge is 1.95. The maximum absolute atomic E-state index is 4.25. The van der Waals surface area contributed by atoms with Crippen molar-refractivity contribution in [2.24, 2.45) is 11.8 Å². The van der Waals surface area contributed by atoms with Gasteiger partial charge in [0.05, 0.1) is 0 Å². The third-order valence-corrected chi connectivity index (χ3v) is 1.33. The summed E-state index contributed by atoms with van der Waals surface area (Å²) in [5, 5.41) is 0. The average Bonchev–Trinajstić information content (AvgIpc) is 1.68. The first-order valence-electron chi connectivity index (χ1n) is 3.46. The third-order valence-electron chi connectivity index (χ3n) is 1.33. The summed E-state index contributed by atoms with van der Waals surface area (Å²) in [6, 6.07) is 0. The minimum absolute atomic E-state index is 0.852. The van der Waals surface area contributed by atoms with Crippen molar-refractivity contribution < 1.29 is 4.74 Å². The Morgan fingerprint density at radius 3 is 0.889 bits per heavy atom. The molecule has 1 nitrogen and oxygen atoms in total. The lowest BCUT2D eigenvalue weighted by Gasteiger charge is -2.05. The molecule has 0 saturated heterocycles. The molecule has 0 fully saturated rings. The van der Waals surface area contributed by atoms with Crippen LogP contribution in [0, 0.1) is 11.8 Å². The van der Waals surface area contributed by atoms with Crippen molar-refractivity contribution in [2.75, 3.05) is 14.2 Å². The number of rotatable bonds is 1. The summed E-state index contributed by atoms with van der Waals surface area (Å²) < 4.78 is 4.25. The fourth-order valence-corrected chi connectivity index (χ4v) is 0. The molecule has 0 aliphatic rings. The summed E-state index contributed by atoms with van der Waals surface area (Å²) >= 11 is 0. The Labute approximate surface area is 59.4 Å². The van der Waals surface area contributed by atoms with E-state index in [9.17, 15) is 0 Å². The molecule has 0 bridgehead atoms. The van der Waals surface area contributed by atoms with Crippen molar-refractivity contribution in [3.63, 3.8) is 0 Å². The smallest absolute Gasteiger partial charge is 0.0351 e. The van der Waals surface area contributed by atoms with Gasteiger partial charge in [0.1, 0.15) is 0 Å². The molecule has 0 aromatic heterocycles. The summed E-state index contributed by atoms with van der Waals surface area (Å²) in [6.45, 7) is 8.96. The second-order valence-electron chi connectivity index (χ2n) is 2.90. The maximum atomic E-state index is 4.25. The Hall–Kier alpha value is -0.0400. The number of hydrogen-bond donors (Lipinski definition) is 0. The fraction of sp³-hybridized carbons (Fsp3) is 1.00. The normalized spacial score (nSPS) is 9.33. The Balaban J connectivity index is 0.